The average Bonchev–Trinajstić information content (AvgIpc) is 3.31. The maximum absolute atomic E-state index is 5.57. The largest absolute Gasteiger partial charge is 0.379 e. The van der Waals surface area contributed by atoms with E-state index in [9.17, 15) is 0 Å². The maximum atomic E-state index is 5.57. The standard InChI is InChI=1S/C22H39N7OS.HI/c1-3-19-25-21(31-26-19)29-11-9-28(10-12-29)20(23-2)24-17-22(7-5-4-6-8-22)18-27-13-15-30-16-14-27;/h3-18H2,1-2H3,(H,23,24);1H. The van der Waals surface area contributed by atoms with Crippen molar-refractivity contribution in [3.05, 3.63) is 5.82 Å². The summed E-state index contributed by atoms with van der Waals surface area (Å²) in [7, 11) is 1.92. The first kappa shape index (κ1) is 25.9. The number of piperazine rings is 1. The van der Waals surface area contributed by atoms with Gasteiger partial charge in [0, 0.05) is 82.8 Å². The normalized spacial score (nSPS) is 22.5. The molecule has 2 aliphatic heterocycles. The highest BCUT2D eigenvalue weighted by molar-refractivity contribution is 14.0. The summed E-state index contributed by atoms with van der Waals surface area (Å²) in [6, 6.07) is 0. The molecular formula is C22H40IN7OS. The number of nitrogens with zero attached hydrogens (tertiary/aromatic N) is 6. The summed E-state index contributed by atoms with van der Waals surface area (Å²) in [4.78, 5) is 16.7. The SMILES string of the molecule is CCc1nsc(N2CCN(C(=NC)NCC3(CN4CCOCC4)CCCCC3)CC2)n1.I. The van der Waals surface area contributed by atoms with Crippen molar-refractivity contribution in [1.82, 2.24) is 24.5 Å². The summed E-state index contributed by atoms with van der Waals surface area (Å²) in [6.07, 6.45) is 7.62. The quantitative estimate of drug-likeness (QED) is 0.317. The lowest BCUT2D eigenvalue weighted by atomic mass is 9.73. The molecule has 1 saturated carbocycles. The molecule has 182 valence electrons. The molecule has 0 amide bonds. The lowest BCUT2D eigenvalue weighted by Crippen LogP contribution is -2.55. The third-order valence-corrected chi connectivity index (χ3v) is 7.85. The number of aromatic nitrogens is 2. The number of hydrogen-bond acceptors (Lipinski definition) is 7. The van der Waals surface area contributed by atoms with Gasteiger partial charge in [-0.1, -0.05) is 26.2 Å². The molecule has 3 fully saturated rings. The van der Waals surface area contributed by atoms with E-state index >= 15 is 0 Å². The van der Waals surface area contributed by atoms with Crippen molar-refractivity contribution in [3.63, 3.8) is 0 Å². The fourth-order valence-electron chi connectivity index (χ4n) is 5.15. The third-order valence-electron chi connectivity index (χ3n) is 7.03. The molecule has 1 aromatic rings. The topological polar surface area (TPSA) is 69.1 Å². The third kappa shape index (κ3) is 6.66. The Morgan fingerprint density at radius 2 is 1.81 bits per heavy atom. The molecule has 0 atom stereocenters. The van der Waals surface area contributed by atoms with Crippen LogP contribution in [0.2, 0.25) is 0 Å². The molecule has 8 nitrogen and oxygen atoms in total. The zero-order chi connectivity index (χ0) is 21.5. The molecular weight excluding hydrogens is 537 g/mol. The predicted molar refractivity (Wildman–Crippen MR) is 143 cm³/mol. The van der Waals surface area contributed by atoms with Gasteiger partial charge >= 0.3 is 0 Å². The fourth-order valence-corrected chi connectivity index (χ4v) is 5.95. The van der Waals surface area contributed by atoms with Crippen molar-refractivity contribution >= 4 is 46.6 Å². The second-order valence-electron chi connectivity index (χ2n) is 9.17. The van der Waals surface area contributed by atoms with E-state index in [-0.39, 0.29) is 24.0 Å². The van der Waals surface area contributed by atoms with Crippen molar-refractivity contribution in [2.45, 2.75) is 45.4 Å². The highest BCUT2D eigenvalue weighted by Crippen LogP contribution is 2.37. The lowest BCUT2D eigenvalue weighted by Gasteiger charge is -2.43. The van der Waals surface area contributed by atoms with E-state index in [0.29, 0.717) is 5.41 Å². The van der Waals surface area contributed by atoms with E-state index in [0.717, 1.165) is 82.4 Å². The van der Waals surface area contributed by atoms with Gasteiger partial charge in [-0.15, -0.1) is 24.0 Å². The van der Waals surface area contributed by atoms with E-state index in [1.165, 1.54) is 50.2 Å². The first-order chi connectivity index (χ1) is 15.2. The van der Waals surface area contributed by atoms with Gasteiger partial charge in [0.1, 0.15) is 5.82 Å². The summed E-state index contributed by atoms with van der Waals surface area (Å²) in [5.74, 6) is 2.01. The zero-order valence-corrected chi connectivity index (χ0v) is 22.9. The van der Waals surface area contributed by atoms with Gasteiger partial charge in [0.05, 0.1) is 13.2 Å². The number of aryl methyl sites for hydroxylation is 1. The van der Waals surface area contributed by atoms with Crippen molar-refractivity contribution < 1.29 is 4.74 Å². The molecule has 10 heteroatoms. The number of halogens is 1. The predicted octanol–water partition coefficient (Wildman–Crippen LogP) is 2.70. The minimum Gasteiger partial charge on any atom is -0.379 e. The summed E-state index contributed by atoms with van der Waals surface area (Å²) < 4.78 is 10.0. The second-order valence-corrected chi connectivity index (χ2v) is 9.90. The van der Waals surface area contributed by atoms with Gasteiger partial charge in [-0.3, -0.25) is 9.89 Å². The van der Waals surface area contributed by atoms with E-state index in [4.69, 9.17) is 4.74 Å². The number of hydrogen-bond donors (Lipinski definition) is 1. The number of nitrogens with one attached hydrogen (secondary N) is 1. The zero-order valence-electron chi connectivity index (χ0n) is 19.7. The van der Waals surface area contributed by atoms with Gasteiger partial charge in [0.15, 0.2) is 5.96 Å². The molecule has 0 radical (unpaired) electrons. The summed E-state index contributed by atoms with van der Waals surface area (Å²) in [6.45, 7) is 12.1. The van der Waals surface area contributed by atoms with Crippen molar-refractivity contribution in [2.75, 3.05) is 77.5 Å². The van der Waals surface area contributed by atoms with Gasteiger partial charge in [-0.2, -0.15) is 4.37 Å². The Morgan fingerprint density at radius 1 is 1.09 bits per heavy atom. The highest BCUT2D eigenvalue weighted by atomic mass is 127. The summed E-state index contributed by atoms with van der Waals surface area (Å²) in [5.41, 5.74) is 0.358. The molecule has 3 heterocycles. The number of guanidine groups is 1. The average molecular weight is 578 g/mol. The Bertz CT molecular complexity index is 711. The molecule has 3 aliphatic rings. The van der Waals surface area contributed by atoms with E-state index in [1.54, 1.807) is 0 Å². The van der Waals surface area contributed by atoms with Crippen molar-refractivity contribution in [3.8, 4) is 0 Å². The first-order valence-corrected chi connectivity index (χ1v) is 12.8. The number of anilines is 1. The minimum atomic E-state index is 0. The van der Waals surface area contributed by atoms with Crippen LogP contribution in [-0.4, -0.2) is 97.7 Å². The van der Waals surface area contributed by atoms with Crippen LogP contribution in [0.25, 0.3) is 0 Å². The monoisotopic (exact) mass is 577 g/mol. The Balaban J connectivity index is 0.00000289. The highest BCUT2D eigenvalue weighted by Gasteiger charge is 2.35. The van der Waals surface area contributed by atoms with Gasteiger partial charge in [-0.25, -0.2) is 4.98 Å². The van der Waals surface area contributed by atoms with Crippen LogP contribution in [0.1, 0.15) is 44.9 Å². The maximum Gasteiger partial charge on any atom is 0.205 e. The second kappa shape index (κ2) is 12.7. The molecule has 32 heavy (non-hydrogen) atoms. The molecule has 1 N–H and O–H groups in total. The number of morpholine rings is 1. The fraction of sp³-hybridized carbons (Fsp3) is 0.864. The molecule has 4 rings (SSSR count). The smallest absolute Gasteiger partial charge is 0.205 e. The Morgan fingerprint density at radius 3 is 2.44 bits per heavy atom. The van der Waals surface area contributed by atoms with Crippen LogP contribution in [0.4, 0.5) is 5.13 Å². The molecule has 0 bridgehead atoms. The van der Waals surface area contributed by atoms with Gasteiger partial charge in [-0.05, 0) is 12.8 Å². The Hall–Kier alpha value is -0.720. The first-order valence-electron chi connectivity index (χ1n) is 12.0. The van der Waals surface area contributed by atoms with Gasteiger partial charge < -0.3 is 19.9 Å². The molecule has 1 aromatic heterocycles. The number of rotatable bonds is 6. The summed E-state index contributed by atoms with van der Waals surface area (Å²) >= 11 is 1.53. The van der Waals surface area contributed by atoms with Crippen molar-refractivity contribution in [2.24, 2.45) is 10.4 Å². The Kier molecular flexibility index (Phi) is 10.2. The molecule has 0 spiro atoms. The van der Waals surface area contributed by atoms with Gasteiger partial charge in [0.25, 0.3) is 0 Å². The van der Waals surface area contributed by atoms with Crippen LogP contribution in [0, 0.1) is 5.41 Å². The van der Waals surface area contributed by atoms with Crippen LogP contribution < -0.4 is 10.2 Å². The van der Waals surface area contributed by atoms with Crippen LogP contribution >= 0.6 is 35.5 Å². The van der Waals surface area contributed by atoms with E-state index in [1.807, 2.05) is 7.05 Å². The Labute approximate surface area is 214 Å². The number of ether oxygens (including phenoxy) is 1. The molecule has 0 unspecified atom stereocenters. The van der Waals surface area contributed by atoms with Crippen LogP contribution in [0.5, 0.6) is 0 Å². The van der Waals surface area contributed by atoms with E-state index in [2.05, 4.69) is 41.3 Å². The van der Waals surface area contributed by atoms with Crippen LogP contribution in [-0.2, 0) is 11.2 Å². The van der Waals surface area contributed by atoms with Crippen LogP contribution in [0.3, 0.4) is 0 Å². The van der Waals surface area contributed by atoms with Crippen LogP contribution in [0.15, 0.2) is 4.99 Å². The van der Waals surface area contributed by atoms with Crippen molar-refractivity contribution in [1.29, 1.82) is 0 Å². The molecule has 0 aromatic carbocycles. The lowest BCUT2D eigenvalue weighted by molar-refractivity contribution is 0.00807. The molecule has 2 saturated heterocycles. The number of aliphatic imine (C=N–C) groups is 1. The summed E-state index contributed by atoms with van der Waals surface area (Å²) in [5, 5.41) is 4.84. The minimum absolute atomic E-state index is 0. The van der Waals surface area contributed by atoms with E-state index < -0.39 is 0 Å². The molecule has 1 aliphatic carbocycles. The van der Waals surface area contributed by atoms with Gasteiger partial charge in [0.2, 0.25) is 5.13 Å².